The second-order valence-electron chi connectivity index (χ2n) is 9.01. The largest absolute Gasteiger partial charge is 0.486 e. The molecule has 0 radical (unpaired) electrons. The molecule has 1 aromatic carbocycles. The van der Waals surface area contributed by atoms with Gasteiger partial charge < -0.3 is 29.7 Å². The van der Waals surface area contributed by atoms with E-state index in [1.54, 1.807) is 43.6 Å². The van der Waals surface area contributed by atoms with Crippen LogP contribution >= 0.6 is 0 Å². The minimum absolute atomic E-state index is 0.0307. The summed E-state index contributed by atoms with van der Waals surface area (Å²) in [6.07, 6.45) is 3.01. The predicted octanol–water partition coefficient (Wildman–Crippen LogP) is 2.10. The molecule has 2 aliphatic heterocycles. The molecule has 2 aliphatic rings. The van der Waals surface area contributed by atoms with Gasteiger partial charge in [-0.3, -0.25) is 19.5 Å². The van der Waals surface area contributed by atoms with Crippen LogP contribution in [0.1, 0.15) is 23.2 Å². The van der Waals surface area contributed by atoms with Crippen molar-refractivity contribution in [3.63, 3.8) is 0 Å². The molecule has 0 atom stereocenters. The Morgan fingerprint density at radius 1 is 1.00 bits per heavy atom. The van der Waals surface area contributed by atoms with Gasteiger partial charge in [0.2, 0.25) is 11.8 Å². The molecule has 1 amide bonds. The smallest absolute Gasteiger partial charge is 0.414 e. The van der Waals surface area contributed by atoms with Gasteiger partial charge in [-0.25, -0.2) is 14.6 Å². The van der Waals surface area contributed by atoms with E-state index in [2.05, 4.69) is 20.2 Å². The third-order valence-electron chi connectivity index (χ3n) is 6.40. The maximum atomic E-state index is 13.0. The molecule has 13 heteroatoms. The van der Waals surface area contributed by atoms with Gasteiger partial charge in [-0.2, -0.15) is 0 Å². The summed E-state index contributed by atoms with van der Waals surface area (Å²) in [4.78, 5) is 54.8. The second-order valence-corrected chi connectivity index (χ2v) is 9.01. The number of carboxylic acid groups (broad SMARTS) is 2. The monoisotopic (exact) mass is 552 g/mol. The van der Waals surface area contributed by atoms with E-state index >= 15 is 0 Å². The normalized spacial score (nSPS) is 14.9. The third kappa shape index (κ3) is 6.99. The van der Waals surface area contributed by atoms with Crippen molar-refractivity contribution in [2.24, 2.45) is 5.92 Å². The van der Waals surface area contributed by atoms with Gasteiger partial charge in [0.05, 0.1) is 24.9 Å². The van der Waals surface area contributed by atoms with Crippen molar-refractivity contribution in [2.45, 2.75) is 12.8 Å². The van der Waals surface area contributed by atoms with Crippen molar-refractivity contribution >= 4 is 40.3 Å². The summed E-state index contributed by atoms with van der Waals surface area (Å²) in [6, 6.07) is 10.6. The summed E-state index contributed by atoms with van der Waals surface area (Å²) in [7, 11) is 1.55. The number of fused-ring (bicyclic) bond motifs is 2. The number of rotatable bonds is 6. The predicted molar refractivity (Wildman–Crippen MR) is 141 cm³/mol. The van der Waals surface area contributed by atoms with Gasteiger partial charge in [-0.1, -0.05) is 0 Å². The number of carbonyl (C=O) groups excluding carboxylic acids is 2. The molecule has 4 heterocycles. The number of likely N-dealkylation sites (tertiary alicyclic amines) is 1. The fourth-order valence-electron chi connectivity index (χ4n) is 4.32. The first-order chi connectivity index (χ1) is 19.2. The highest BCUT2D eigenvalue weighted by Crippen LogP contribution is 2.31. The lowest BCUT2D eigenvalue weighted by Crippen LogP contribution is -2.40. The summed E-state index contributed by atoms with van der Waals surface area (Å²) < 4.78 is 16.3. The highest BCUT2D eigenvalue weighted by molar-refractivity contribution is 6.27. The van der Waals surface area contributed by atoms with Gasteiger partial charge >= 0.3 is 11.9 Å². The van der Waals surface area contributed by atoms with Gasteiger partial charge in [-0.15, -0.1) is 0 Å². The van der Waals surface area contributed by atoms with Crippen LogP contribution in [0, 0.1) is 5.92 Å². The van der Waals surface area contributed by atoms with Crippen LogP contribution in [0.4, 0.5) is 5.69 Å². The van der Waals surface area contributed by atoms with E-state index in [1.807, 2.05) is 6.07 Å². The molecule has 0 saturated carbocycles. The lowest BCUT2D eigenvalue weighted by atomic mass is 9.95. The Kier molecular flexibility index (Phi) is 9.07. The molecule has 0 bridgehead atoms. The zero-order chi connectivity index (χ0) is 28.6. The van der Waals surface area contributed by atoms with Crippen LogP contribution in [0.3, 0.4) is 0 Å². The van der Waals surface area contributed by atoms with Crippen molar-refractivity contribution in [3.8, 4) is 17.4 Å². The minimum Gasteiger partial charge on any atom is -0.486 e. The summed E-state index contributed by atoms with van der Waals surface area (Å²) in [5.41, 5.74) is 2.51. The zero-order valence-corrected chi connectivity index (χ0v) is 21.7. The van der Waals surface area contributed by atoms with E-state index in [9.17, 15) is 9.59 Å². The number of benzene rings is 1. The first-order valence-electron chi connectivity index (χ1n) is 12.5. The highest BCUT2D eigenvalue weighted by atomic mass is 16.6. The fourth-order valence-corrected chi connectivity index (χ4v) is 4.32. The Morgan fingerprint density at radius 2 is 1.70 bits per heavy atom. The molecule has 40 heavy (non-hydrogen) atoms. The number of aliphatic carboxylic acids is 2. The first-order valence-corrected chi connectivity index (χ1v) is 12.5. The number of carbonyl (C=O) groups is 4. The van der Waals surface area contributed by atoms with Gasteiger partial charge in [0.15, 0.2) is 17.3 Å². The number of anilines is 1. The van der Waals surface area contributed by atoms with Gasteiger partial charge in [0, 0.05) is 23.7 Å². The Bertz CT molecular complexity index is 1410. The first kappa shape index (κ1) is 28.2. The third-order valence-corrected chi connectivity index (χ3v) is 6.40. The molecule has 1 saturated heterocycles. The Hall–Kier alpha value is -4.78. The van der Waals surface area contributed by atoms with Crippen molar-refractivity contribution in [1.82, 2.24) is 14.9 Å². The molecule has 5 rings (SSSR count). The number of ketones is 1. The fraction of sp³-hybridized carbons (Fsp3) is 0.333. The van der Waals surface area contributed by atoms with Crippen LogP contribution in [0.5, 0.6) is 17.4 Å². The average Bonchev–Trinajstić information content (AvgIpc) is 2.97. The number of aromatic nitrogens is 2. The number of Topliss-reactive ketones (excluding diaryl/α,β-unsaturated/α-hetero) is 1. The Labute approximate surface area is 228 Å². The number of hydrogen-bond acceptors (Lipinski definition) is 10. The van der Waals surface area contributed by atoms with Crippen molar-refractivity contribution < 1.29 is 43.6 Å². The quantitative estimate of drug-likeness (QED) is 0.300. The number of pyridine rings is 2. The van der Waals surface area contributed by atoms with Gasteiger partial charge in [0.1, 0.15) is 18.7 Å². The maximum absolute atomic E-state index is 13.0. The Morgan fingerprint density at radius 3 is 2.38 bits per heavy atom. The molecule has 0 spiro atoms. The molecular weight excluding hydrogens is 524 g/mol. The molecule has 1 fully saturated rings. The van der Waals surface area contributed by atoms with E-state index in [0.29, 0.717) is 85.4 Å². The zero-order valence-electron chi connectivity index (χ0n) is 21.7. The van der Waals surface area contributed by atoms with Gasteiger partial charge in [-0.05, 0) is 56.3 Å². The molecule has 2 aromatic heterocycles. The maximum Gasteiger partial charge on any atom is 0.414 e. The number of nitrogens with one attached hydrogen (secondary N) is 1. The summed E-state index contributed by atoms with van der Waals surface area (Å²) in [5.74, 6) is -2.04. The summed E-state index contributed by atoms with van der Waals surface area (Å²) in [5, 5.41) is 17.8. The van der Waals surface area contributed by atoms with Crippen LogP contribution < -0.4 is 19.5 Å². The molecule has 0 unspecified atom stereocenters. The molecular formula is C27H28N4O9. The summed E-state index contributed by atoms with van der Waals surface area (Å²) >= 11 is 0. The molecule has 13 nitrogen and oxygen atoms in total. The molecule has 210 valence electrons. The number of methoxy groups -OCH3 is 1. The lowest BCUT2D eigenvalue weighted by Gasteiger charge is -2.30. The van der Waals surface area contributed by atoms with E-state index in [-0.39, 0.29) is 17.6 Å². The van der Waals surface area contributed by atoms with Crippen LogP contribution in [0.25, 0.3) is 11.0 Å². The lowest BCUT2D eigenvalue weighted by molar-refractivity contribution is -0.159. The standard InChI is InChI=1S/C25H26N4O5.C2H2O4/c1-32-23-5-3-18-24(28-23)19(6-9-26-18)27-25(31)16-7-10-29(11-8-16)15-20(30)17-2-4-21-22(14-17)34-13-12-33-21;3-1(4)2(5)6/h2-6,9,14,16H,7-8,10-13,15H2,1H3,(H,26,27,31);(H,3,4)(H,5,6). The van der Waals surface area contributed by atoms with E-state index in [1.165, 1.54) is 0 Å². The number of carboxylic acids is 2. The SMILES string of the molecule is COc1ccc2nccc(NC(=O)C3CCN(CC(=O)c4ccc5c(c4)OCCO5)CC3)c2n1.O=C(O)C(=O)O. The van der Waals surface area contributed by atoms with E-state index in [4.69, 9.17) is 34.0 Å². The number of hydrogen-bond donors (Lipinski definition) is 3. The summed E-state index contributed by atoms with van der Waals surface area (Å²) in [6.45, 7) is 2.67. The molecule has 0 aliphatic carbocycles. The second kappa shape index (κ2) is 12.8. The van der Waals surface area contributed by atoms with Crippen LogP contribution in [-0.4, -0.2) is 88.7 Å². The van der Waals surface area contributed by atoms with E-state index in [0.717, 1.165) is 0 Å². The Balaban J connectivity index is 0.000000557. The topological polar surface area (TPSA) is 177 Å². The van der Waals surface area contributed by atoms with Crippen molar-refractivity contribution in [2.75, 3.05) is 45.3 Å². The van der Waals surface area contributed by atoms with Gasteiger partial charge in [0.25, 0.3) is 0 Å². The van der Waals surface area contributed by atoms with E-state index < -0.39 is 11.9 Å². The van der Waals surface area contributed by atoms with Crippen molar-refractivity contribution in [3.05, 3.63) is 48.2 Å². The van der Waals surface area contributed by atoms with Crippen molar-refractivity contribution in [1.29, 1.82) is 0 Å². The number of amides is 1. The van der Waals surface area contributed by atoms with Crippen LogP contribution in [0.15, 0.2) is 42.6 Å². The number of nitrogens with zero attached hydrogens (tertiary/aromatic N) is 3. The van der Waals surface area contributed by atoms with Crippen LogP contribution in [0.2, 0.25) is 0 Å². The molecule has 3 N–H and O–H groups in total. The molecule has 3 aromatic rings. The highest BCUT2D eigenvalue weighted by Gasteiger charge is 2.27. The number of ether oxygens (including phenoxy) is 3. The number of piperidine rings is 1. The minimum atomic E-state index is -1.82. The average molecular weight is 553 g/mol. The van der Waals surface area contributed by atoms with Crippen LogP contribution in [-0.2, 0) is 14.4 Å².